The van der Waals surface area contributed by atoms with Gasteiger partial charge in [-0.3, -0.25) is 14.6 Å². The number of rotatable bonds is 6. The molecule has 1 N–H and O–H groups in total. The van der Waals surface area contributed by atoms with Gasteiger partial charge in [-0.15, -0.1) is 0 Å². The normalized spacial score (nSPS) is 14.7. The highest BCUT2D eigenvalue weighted by Gasteiger charge is 2.29. The second kappa shape index (κ2) is 9.89. The highest BCUT2D eigenvalue weighted by Crippen LogP contribution is 2.16. The quantitative estimate of drug-likeness (QED) is 0.674. The molecule has 6 heteroatoms. The average Bonchev–Trinajstić information content (AvgIpc) is 2.85. The van der Waals surface area contributed by atoms with Gasteiger partial charge in [0, 0.05) is 56.2 Å². The number of nitrogens with one attached hydrogen (secondary N) is 1. The smallest absolute Gasteiger partial charge is 0.251 e. The van der Waals surface area contributed by atoms with Gasteiger partial charge >= 0.3 is 0 Å². The van der Waals surface area contributed by atoms with Crippen LogP contribution in [0.2, 0.25) is 0 Å². The molecule has 31 heavy (non-hydrogen) atoms. The molecule has 6 nitrogen and oxygen atoms in total. The van der Waals surface area contributed by atoms with Crippen molar-refractivity contribution in [2.45, 2.75) is 12.5 Å². The van der Waals surface area contributed by atoms with Crippen LogP contribution in [0.25, 0.3) is 0 Å². The molecule has 4 rings (SSSR count). The lowest BCUT2D eigenvalue weighted by Crippen LogP contribution is -2.55. The molecule has 0 unspecified atom stereocenters. The molecule has 0 spiro atoms. The standard InChI is InChI=1S/C25H26N4O2/c30-24(21-9-5-2-6-10-21)27-23(19-20-7-3-1-4-8-20)25(31)29-17-15-28(16-18-29)22-11-13-26-14-12-22/h1-14,23H,15-19H2,(H,27,30)/t23-/m0/s1. The Bertz CT molecular complexity index is 988. The first-order valence-corrected chi connectivity index (χ1v) is 10.5. The number of hydrogen-bond donors (Lipinski definition) is 1. The molecule has 1 aliphatic heterocycles. The highest BCUT2D eigenvalue weighted by molar-refractivity contribution is 5.97. The number of nitrogens with zero attached hydrogens (tertiary/aromatic N) is 3. The van der Waals surface area contributed by atoms with Crippen molar-refractivity contribution in [3.8, 4) is 0 Å². The lowest BCUT2D eigenvalue weighted by molar-refractivity contribution is -0.133. The Morgan fingerprint density at radius 1 is 0.839 bits per heavy atom. The SMILES string of the molecule is O=C(N[C@@H](Cc1ccccc1)C(=O)N1CCN(c2ccncc2)CC1)c1ccccc1. The number of carbonyl (C=O) groups excluding carboxylic acids is 2. The van der Waals surface area contributed by atoms with Crippen molar-refractivity contribution in [3.63, 3.8) is 0 Å². The first kappa shape index (κ1) is 20.6. The van der Waals surface area contributed by atoms with Crippen molar-refractivity contribution in [3.05, 3.63) is 96.3 Å². The van der Waals surface area contributed by atoms with Crippen LogP contribution in [0, 0.1) is 0 Å². The van der Waals surface area contributed by atoms with E-state index in [1.165, 1.54) is 0 Å². The van der Waals surface area contributed by atoms with Crippen molar-refractivity contribution in [1.82, 2.24) is 15.2 Å². The van der Waals surface area contributed by atoms with Gasteiger partial charge in [-0.25, -0.2) is 0 Å². The number of benzene rings is 2. The minimum Gasteiger partial charge on any atom is -0.368 e. The summed E-state index contributed by atoms with van der Waals surface area (Å²) in [4.78, 5) is 34.3. The maximum absolute atomic E-state index is 13.4. The summed E-state index contributed by atoms with van der Waals surface area (Å²) in [5.74, 6) is -0.271. The zero-order valence-corrected chi connectivity index (χ0v) is 17.4. The van der Waals surface area contributed by atoms with Crippen LogP contribution in [0.5, 0.6) is 0 Å². The number of anilines is 1. The second-order valence-electron chi connectivity index (χ2n) is 7.60. The van der Waals surface area contributed by atoms with Crippen LogP contribution in [-0.4, -0.2) is 53.9 Å². The van der Waals surface area contributed by atoms with E-state index in [9.17, 15) is 9.59 Å². The van der Waals surface area contributed by atoms with E-state index < -0.39 is 6.04 Å². The van der Waals surface area contributed by atoms with Gasteiger partial charge in [0.05, 0.1) is 0 Å². The fourth-order valence-corrected chi connectivity index (χ4v) is 3.84. The predicted molar refractivity (Wildman–Crippen MR) is 121 cm³/mol. The third-order valence-corrected chi connectivity index (χ3v) is 5.54. The zero-order chi connectivity index (χ0) is 21.5. The number of hydrogen-bond acceptors (Lipinski definition) is 4. The first-order valence-electron chi connectivity index (χ1n) is 10.5. The van der Waals surface area contributed by atoms with Gasteiger partial charge < -0.3 is 15.1 Å². The van der Waals surface area contributed by atoms with Gasteiger partial charge in [0.1, 0.15) is 6.04 Å². The lowest BCUT2D eigenvalue weighted by atomic mass is 10.0. The number of aromatic nitrogens is 1. The van der Waals surface area contributed by atoms with Crippen LogP contribution >= 0.6 is 0 Å². The molecule has 2 aromatic carbocycles. The van der Waals surface area contributed by atoms with Crippen molar-refractivity contribution in [2.24, 2.45) is 0 Å². The largest absolute Gasteiger partial charge is 0.368 e. The maximum Gasteiger partial charge on any atom is 0.251 e. The van der Waals surface area contributed by atoms with E-state index in [1.54, 1.807) is 24.5 Å². The Hall–Kier alpha value is -3.67. The van der Waals surface area contributed by atoms with E-state index in [1.807, 2.05) is 65.6 Å². The molecular weight excluding hydrogens is 388 g/mol. The second-order valence-corrected chi connectivity index (χ2v) is 7.60. The van der Waals surface area contributed by atoms with Crippen LogP contribution in [0.1, 0.15) is 15.9 Å². The Morgan fingerprint density at radius 2 is 1.45 bits per heavy atom. The summed E-state index contributed by atoms with van der Waals surface area (Å²) < 4.78 is 0. The minimum absolute atomic E-state index is 0.0393. The predicted octanol–water partition coefficient (Wildman–Crippen LogP) is 2.77. The number of carbonyl (C=O) groups is 2. The Labute approximate surface area is 182 Å². The molecule has 1 saturated heterocycles. The minimum atomic E-state index is -0.609. The molecule has 1 atom stereocenters. The Morgan fingerprint density at radius 3 is 2.10 bits per heavy atom. The van der Waals surface area contributed by atoms with Crippen molar-refractivity contribution < 1.29 is 9.59 Å². The van der Waals surface area contributed by atoms with Crippen LogP contribution in [-0.2, 0) is 11.2 Å². The lowest BCUT2D eigenvalue weighted by Gasteiger charge is -2.37. The summed E-state index contributed by atoms with van der Waals surface area (Å²) in [5, 5.41) is 2.97. The molecule has 0 aliphatic carbocycles. The molecule has 1 fully saturated rings. The fraction of sp³-hybridized carbons (Fsp3) is 0.240. The Balaban J connectivity index is 1.45. The monoisotopic (exact) mass is 414 g/mol. The highest BCUT2D eigenvalue weighted by atomic mass is 16.2. The van der Waals surface area contributed by atoms with Gasteiger partial charge in [-0.05, 0) is 29.8 Å². The third kappa shape index (κ3) is 5.28. The zero-order valence-electron chi connectivity index (χ0n) is 17.4. The fourth-order valence-electron chi connectivity index (χ4n) is 3.84. The van der Waals surface area contributed by atoms with Gasteiger partial charge in [0.25, 0.3) is 5.91 Å². The molecule has 0 bridgehead atoms. The van der Waals surface area contributed by atoms with Crippen molar-refractivity contribution in [1.29, 1.82) is 0 Å². The van der Waals surface area contributed by atoms with E-state index in [4.69, 9.17) is 0 Å². The van der Waals surface area contributed by atoms with E-state index >= 15 is 0 Å². The van der Waals surface area contributed by atoms with Crippen LogP contribution in [0.3, 0.4) is 0 Å². The molecule has 0 saturated carbocycles. The van der Waals surface area contributed by atoms with Gasteiger partial charge in [-0.2, -0.15) is 0 Å². The van der Waals surface area contributed by atoms with Gasteiger partial charge in [-0.1, -0.05) is 48.5 Å². The summed E-state index contributed by atoms with van der Waals surface area (Å²) >= 11 is 0. The summed E-state index contributed by atoms with van der Waals surface area (Å²) in [6.07, 6.45) is 4.02. The molecule has 158 valence electrons. The van der Waals surface area contributed by atoms with Crippen LogP contribution in [0.15, 0.2) is 85.2 Å². The van der Waals surface area contributed by atoms with E-state index in [2.05, 4.69) is 15.2 Å². The van der Waals surface area contributed by atoms with Crippen LogP contribution < -0.4 is 10.2 Å². The maximum atomic E-state index is 13.4. The van der Waals surface area contributed by atoms with E-state index in [-0.39, 0.29) is 11.8 Å². The molecule has 2 amide bonds. The van der Waals surface area contributed by atoms with Crippen molar-refractivity contribution >= 4 is 17.5 Å². The summed E-state index contributed by atoms with van der Waals surface area (Å²) in [6, 6.07) is 22.2. The molecule has 3 aromatic rings. The number of amides is 2. The number of pyridine rings is 1. The van der Waals surface area contributed by atoms with Gasteiger partial charge in [0.15, 0.2) is 0 Å². The van der Waals surface area contributed by atoms with Crippen LogP contribution in [0.4, 0.5) is 5.69 Å². The average molecular weight is 415 g/mol. The van der Waals surface area contributed by atoms with E-state index in [0.717, 1.165) is 24.3 Å². The first-order chi connectivity index (χ1) is 15.2. The molecular formula is C25H26N4O2. The topological polar surface area (TPSA) is 65.5 Å². The Kier molecular flexibility index (Phi) is 6.57. The van der Waals surface area contributed by atoms with Crippen molar-refractivity contribution in [2.75, 3.05) is 31.1 Å². The molecule has 1 aromatic heterocycles. The third-order valence-electron chi connectivity index (χ3n) is 5.54. The molecule has 0 radical (unpaired) electrons. The molecule has 1 aliphatic rings. The summed E-state index contributed by atoms with van der Waals surface area (Å²) in [7, 11) is 0. The van der Waals surface area contributed by atoms with E-state index in [0.29, 0.717) is 25.1 Å². The molecule has 2 heterocycles. The summed E-state index contributed by atoms with van der Waals surface area (Å²) in [6.45, 7) is 2.74. The van der Waals surface area contributed by atoms with Gasteiger partial charge in [0.2, 0.25) is 5.91 Å². The number of piperazine rings is 1. The summed E-state index contributed by atoms with van der Waals surface area (Å²) in [5.41, 5.74) is 2.68.